The molecule has 1 atom stereocenters. The molecule has 0 spiro atoms. The summed E-state index contributed by atoms with van der Waals surface area (Å²) in [4.78, 5) is 0. The van der Waals surface area contributed by atoms with Crippen molar-refractivity contribution in [2.24, 2.45) is 0 Å². The average molecular weight is 291 g/mol. The number of nitrogens with one attached hydrogen (secondary N) is 1. The fourth-order valence-electron chi connectivity index (χ4n) is 1.30. The van der Waals surface area contributed by atoms with Gasteiger partial charge in [0.15, 0.2) is 0 Å². The SMILES string of the molecule is CNC(CCO)c1ccc(I)cc1. The Labute approximate surface area is 92.5 Å². The van der Waals surface area contributed by atoms with Crippen molar-refractivity contribution in [1.29, 1.82) is 0 Å². The Kier molecular flexibility index (Phi) is 4.69. The molecule has 0 radical (unpaired) electrons. The first-order chi connectivity index (χ1) is 6.27. The molecule has 0 aliphatic heterocycles. The average Bonchev–Trinajstić information content (AvgIpc) is 2.16. The maximum absolute atomic E-state index is 8.84. The highest BCUT2D eigenvalue weighted by molar-refractivity contribution is 14.1. The number of hydrogen-bond donors (Lipinski definition) is 2. The van der Waals surface area contributed by atoms with Crippen LogP contribution in [0.4, 0.5) is 0 Å². The summed E-state index contributed by atoms with van der Waals surface area (Å²) in [6.07, 6.45) is 0.761. The van der Waals surface area contributed by atoms with Crippen LogP contribution in [-0.4, -0.2) is 18.8 Å². The molecule has 0 saturated carbocycles. The predicted molar refractivity (Wildman–Crippen MR) is 62.7 cm³/mol. The van der Waals surface area contributed by atoms with E-state index >= 15 is 0 Å². The molecule has 0 fully saturated rings. The van der Waals surface area contributed by atoms with E-state index in [1.54, 1.807) is 0 Å². The highest BCUT2D eigenvalue weighted by Gasteiger charge is 2.06. The van der Waals surface area contributed by atoms with E-state index in [2.05, 4.69) is 52.2 Å². The molecule has 1 aromatic rings. The quantitative estimate of drug-likeness (QED) is 0.831. The maximum atomic E-state index is 8.84. The van der Waals surface area contributed by atoms with Gasteiger partial charge < -0.3 is 10.4 Å². The molecule has 0 saturated heterocycles. The van der Waals surface area contributed by atoms with Crippen molar-refractivity contribution in [2.45, 2.75) is 12.5 Å². The zero-order valence-electron chi connectivity index (χ0n) is 7.63. The number of benzene rings is 1. The van der Waals surface area contributed by atoms with E-state index in [4.69, 9.17) is 5.11 Å². The smallest absolute Gasteiger partial charge is 0.0449 e. The maximum Gasteiger partial charge on any atom is 0.0449 e. The monoisotopic (exact) mass is 291 g/mol. The van der Waals surface area contributed by atoms with Crippen molar-refractivity contribution >= 4 is 22.6 Å². The zero-order valence-corrected chi connectivity index (χ0v) is 9.78. The summed E-state index contributed by atoms with van der Waals surface area (Å²) in [5.41, 5.74) is 1.23. The van der Waals surface area contributed by atoms with E-state index in [1.165, 1.54) is 9.13 Å². The summed E-state index contributed by atoms with van der Waals surface area (Å²) in [5, 5.41) is 12.0. The molecule has 2 N–H and O–H groups in total. The van der Waals surface area contributed by atoms with Crippen LogP contribution < -0.4 is 5.32 Å². The number of aliphatic hydroxyl groups excluding tert-OH is 1. The number of aliphatic hydroxyl groups is 1. The van der Waals surface area contributed by atoms with Gasteiger partial charge in [-0.05, 0) is 53.8 Å². The van der Waals surface area contributed by atoms with Crippen molar-refractivity contribution in [3.8, 4) is 0 Å². The molecule has 1 aromatic carbocycles. The second-order valence-corrected chi connectivity index (χ2v) is 4.15. The van der Waals surface area contributed by atoms with Gasteiger partial charge in [-0.15, -0.1) is 0 Å². The van der Waals surface area contributed by atoms with Crippen LogP contribution in [0.3, 0.4) is 0 Å². The fraction of sp³-hybridized carbons (Fsp3) is 0.400. The highest BCUT2D eigenvalue weighted by atomic mass is 127. The Balaban J connectivity index is 2.73. The molecule has 0 bridgehead atoms. The summed E-state index contributed by atoms with van der Waals surface area (Å²) in [5.74, 6) is 0. The molecule has 13 heavy (non-hydrogen) atoms. The summed E-state index contributed by atoms with van der Waals surface area (Å²) in [7, 11) is 1.91. The molecule has 1 unspecified atom stereocenters. The molecule has 72 valence electrons. The molecule has 0 amide bonds. The Bertz CT molecular complexity index is 248. The second kappa shape index (κ2) is 5.57. The lowest BCUT2D eigenvalue weighted by molar-refractivity contribution is 0.269. The molecule has 2 nitrogen and oxygen atoms in total. The first kappa shape index (κ1) is 10.9. The molecule has 3 heteroatoms. The van der Waals surface area contributed by atoms with E-state index < -0.39 is 0 Å². The van der Waals surface area contributed by atoms with Gasteiger partial charge in [0.2, 0.25) is 0 Å². The fourth-order valence-corrected chi connectivity index (χ4v) is 1.66. The van der Waals surface area contributed by atoms with E-state index in [0.717, 1.165) is 6.42 Å². The molecular weight excluding hydrogens is 277 g/mol. The molecule has 0 aromatic heterocycles. The minimum absolute atomic E-state index is 0.220. The Morgan fingerprint density at radius 2 is 2.00 bits per heavy atom. The van der Waals surface area contributed by atoms with Crippen LogP contribution in [0.1, 0.15) is 18.0 Å². The van der Waals surface area contributed by atoms with Crippen LogP contribution in [0.2, 0.25) is 0 Å². The zero-order chi connectivity index (χ0) is 9.68. The largest absolute Gasteiger partial charge is 0.396 e. The summed E-state index contributed by atoms with van der Waals surface area (Å²) in [6, 6.07) is 8.62. The van der Waals surface area contributed by atoms with Crippen LogP contribution in [0.15, 0.2) is 24.3 Å². The van der Waals surface area contributed by atoms with E-state index in [9.17, 15) is 0 Å². The minimum Gasteiger partial charge on any atom is -0.396 e. The van der Waals surface area contributed by atoms with E-state index in [-0.39, 0.29) is 12.6 Å². The van der Waals surface area contributed by atoms with Crippen LogP contribution in [-0.2, 0) is 0 Å². The van der Waals surface area contributed by atoms with Gasteiger partial charge in [0.25, 0.3) is 0 Å². The van der Waals surface area contributed by atoms with Gasteiger partial charge in [-0.1, -0.05) is 12.1 Å². The second-order valence-electron chi connectivity index (χ2n) is 2.91. The van der Waals surface area contributed by atoms with Crippen molar-refractivity contribution in [2.75, 3.05) is 13.7 Å². The lowest BCUT2D eigenvalue weighted by Gasteiger charge is -2.14. The van der Waals surface area contributed by atoms with Gasteiger partial charge >= 0.3 is 0 Å². The van der Waals surface area contributed by atoms with Gasteiger partial charge in [0.1, 0.15) is 0 Å². The number of hydrogen-bond acceptors (Lipinski definition) is 2. The van der Waals surface area contributed by atoms with E-state index in [1.807, 2.05) is 7.05 Å². The van der Waals surface area contributed by atoms with Crippen molar-refractivity contribution in [1.82, 2.24) is 5.32 Å². The highest BCUT2D eigenvalue weighted by Crippen LogP contribution is 2.17. The predicted octanol–water partition coefficient (Wildman–Crippen LogP) is 1.93. The number of halogens is 1. The molecule has 0 aliphatic carbocycles. The Hall–Kier alpha value is -0.130. The van der Waals surface area contributed by atoms with Gasteiger partial charge in [-0.25, -0.2) is 0 Å². The Morgan fingerprint density at radius 1 is 1.38 bits per heavy atom. The van der Waals surface area contributed by atoms with Gasteiger partial charge in [0.05, 0.1) is 0 Å². The van der Waals surface area contributed by atoms with Crippen LogP contribution in [0.5, 0.6) is 0 Å². The molecular formula is C10H14INO. The van der Waals surface area contributed by atoms with Gasteiger partial charge in [-0.3, -0.25) is 0 Å². The normalized spacial score (nSPS) is 12.8. The molecule has 1 rings (SSSR count). The van der Waals surface area contributed by atoms with Gasteiger partial charge in [0, 0.05) is 16.2 Å². The topological polar surface area (TPSA) is 32.3 Å². The van der Waals surface area contributed by atoms with E-state index in [0.29, 0.717) is 0 Å². The van der Waals surface area contributed by atoms with Crippen molar-refractivity contribution < 1.29 is 5.11 Å². The van der Waals surface area contributed by atoms with Gasteiger partial charge in [-0.2, -0.15) is 0 Å². The first-order valence-corrected chi connectivity index (χ1v) is 5.39. The third kappa shape index (κ3) is 3.25. The third-order valence-corrected chi connectivity index (χ3v) is 2.76. The van der Waals surface area contributed by atoms with Crippen LogP contribution in [0.25, 0.3) is 0 Å². The van der Waals surface area contributed by atoms with Crippen molar-refractivity contribution in [3.63, 3.8) is 0 Å². The minimum atomic E-state index is 0.220. The third-order valence-electron chi connectivity index (χ3n) is 2.04. The van der Waals surface area contributed by atoms with Crippen LogP contribution >= 0.6 is 22.6 Å². The van der Waals surface area contributed by atoms with Crippen molar-refractivity contribution in [3.05, 3.63) is 33.4 Å². The lowest BCUT2D eigenvalue weighted by Crippen LogP contribution is -2.17. The summed E-state index contributed by atoms with van der Waals surface area (Å²) in [6.45, 7) is 0.220. The summed E-state index contributed by atoms with van der Waals surface area (Å²) < 4.78 is 1.24. The Morgan fingerprint density at radius 3 is 2.46 bits per heavy atom. The first-order valence-electron chi connectivity index (χ1n) is 4.31. The molecule has 0 aliphatic rings. The molecule has 0 heterocycles. The van der Waals surface area contributed by atoms with Crippen LogP contribution in [0, 0.1) is 3.57 Å². The number of rotatable bonds is 4. The standard InChI is InChI=1S/C10H14INO/c1-12-10(6-7-13)8-2-4-9(11)5-3-8/h2-5,10,12-13H,6-7H2,1H3. The lowest BCUT2D eigenvalue weighted by atomic mass is 10.0. The summed E-state index contributed by atoms with van der Waals surface area (Å²) >= 11 is 2.28.